The number of rotatable bonds is 4. The summed E-state index contributed by atoms with van der Waals surface area (Å²) in [5, 5.41) is 4.13. The summed E-state index contributed by atoms with van der Waals surface area (Å²) in [5.74, 6) is 2.30. The van der Waals surface area contributed by atoms with Crippen molar-refractivity contribution in [1.29, 1.82) is 0 Å². The second-order valence-electron chi connectivity index (χ2n) is 8.03. The van der Waals surface area contributed by atoms with Crippen LogP contribution in [0, 0.1) is 6.92 Å². The van der Waals surface area contributed by atoms with Gasteiger partial charge in [-0.3, -0.25) is 4.98 Å². The zero-order chi connectivity index (χ0) is 22.4. The van der Waals surface area contributed by atoms with Gasteiger partial charge in [-0.2, -0.15) is 0 Å². The molecule has 5 heterocycles. The lowest BCUT2D eigenvalue weighted by molar-refractivity contribution is 0.174. The van der Waals surface area contributed by atoms with E-state index in [1.54, 1.807) is 6.20 Å². The summed E-state index contributed by atoms with van der Waals surface area (Å²) >= 11 is 5.85. The monoisotopic (exact) mass is 455 g/mol. The zero-order valence-electron chi connectivity index (χ0n) is 17.9. The molecular weight excluding hydrogens is 434 g/mol. The molecule has 0 saturated carbocycles. The van der Waals surface area contributed by atoms with Gasteiger partial charge in [0.1, 0.15) is 11.9 Å². The summed E-state index contributed by atoms with van der Waals surface area (Å²) in [6, 6.07) is 19.8. The van der Waals surface area contributed by atoms with E-state index >= 15 is 0 Å². The maximum atomic E-state index is 5.85. The van der Waals surface area contributed by atoms with Crippen molar-refractivity contribution in [2.24, 2.45) is 0 Å². The van der Waals surface area contributed by atoms with Crippen LogP contribution in [0.4, 0.5) is 5.69 Å². The number of ether oxygens (including phenoxy) is 2. The number of pyridine rings is 2. The summed E-state index contributed by atoms with van der Waals surface area (Å²) in [4.78, 5) is 11.4. The van der Waals surface area contributed by atoms with Crippen molar-refractivity contribution < 1.29 is 9.47 Å². The van der Waals surface area contributed by atoms with Crippen LogP contribution in [-0.4, -0.2) is 26.4 Å². The van der Waals surface area contributed by atoms with Gasteiger partial charge in [-0.15, -0.1) is 0 Å². The molecule has 6 rings (SSSR count). The van der Waals surface area contributed by atoms with E-state index in [9.17, 15) is 0 Å². The van der Waals surface area contributed by atoms with Crippen molar-refractivity contribution in [1.82, 2.24) is 19.9 Å². The highest BCUT2D eigenvalue weighted by Crippen LogP contribution is 2.44. The molecule has 0 radical (unpaired) electrons. The summed E-state index contributed by atoms with van der Waals surface area (Å²) in [5.41, 5.74) is 4.00. The highest BCUT2D eigenvalue weighted by Gasteiger charge is 2.42. The van der Waals surface area contributed by atoms with Crippen molar-refractivity contribution in [3.05, 3.63) is 96.2 Å². The van der Waals surface area contributed by atoms with Gasteiger partial charge in [-0.25, -0.2) is 4.98 Å². The first-order valence-corrected chi connectivity index (χ1v) is 11.1. The van der Waals surface area contributed by atoms with Crippen LogP contribution >= 0.6 is 12.2 Å². The molecule has 1 fully saturated rings. The van der Waals surface area contributed by atoms with Crippen LogP contribution in [-0.2, 0) is 0 Å². The van der Waals surface area contributed by atoms with E-state index in [1.165, 1.54) is 0 Å². The van der Waals surface area contributed by atoms with Crippen LogP contribution in [0.15, 0.2) is 79.3 Å². The van der Waals surface area contributed by atoms with Crippen LogP contribution in [0.5, 0.6) is 11.5 Å². The first kappa shape index (κ1) is 19.8. The second kappa shape index (κ2) is 7.90. The maximum Gasteiger partial charge on any atom is 0.231 e. The van der Waals surface area contributed by atoms with E-state index in [1.807, 2.05) is 67.8 Å². The number of aryl methyl sites for hydroxylation is 1. The number of nitrogens with zero attached hydrogens (tertiary/aromatic N) is 4. The average molecular weight is 456 g/mol. The van der Waals surface area contributed by atoms with Gasteiger partial charge >= 0.3 is 0 Å². The molecule has 4 aromatic rings. The molecule has 1 aromatic carbocycles. The summed E-state index contributed by atoms with van der Waals surface area (Å²) in [6.07, 6.45) is 5.71. The van der Waals surface area contributed by atoms with Crippen LogP contribution < -0.4 is 19.7 Å². The quantitative estimate of drug-likeness (QED) is 0.455. The van der Waals surface area contributed by atoms with Crippen molar-refractivity contribution in [2.45, 2.75) is 19.0 Å². The molecule has 8 heteroatoms. The van der Waals surface area contributed by atoms with E-state index < -0.39 is 0 Å². The third-order valence-electron chi connectivity index (χ3n) is 5.96. The largest absolute Gasteiger partial charge is 0.454 e. The predicted molar refractivity (Wildman–Crippen MR) is 129 cm³/mol. The molecule has 0 amide bonds. The Bertz CT molecular complexity index is 1320. The Kier molecular flexibility index (Phi) is 4.73. The maximum absolute atomic E-state index is 5.85. The first-order valence-electron chi connectivity index (χ1n) is 10.7. The molecule has 0 spiro atoms. The lowest BCUT2D eigenvalue weighted by atomic mass is 10.0. The van der Waals surface area contributed by atoms with Crippen molar-refractivity contribution in [3.63, 3.8) is 0 Å². The molecule has 0 aliphatic carbocycles. The molecule has 0 bridgehead atoms. The normalized spacial score (nSPS) is 19.1. The summed E-state index contributed by atoms with van der Waals surface area (Å²) in [7, 11) is 0. The molecule has 1 N–H and O–H groups in total. The topological polar surface area (TPSA) is 64.4 Å². The number of fused-ring (bicyclic) bond motifs is 1. The Morgan fingerprint density at radius 1 is 1.00 bits per heavy atom. The fourth-order valence-corrected chi connectivity index (χ4v) is 4.76. The molecule has 1 saturated heterocycles. The number of benzene rings is 1. The lowest BCUT2D eigenvalue weighted by Crippen LogP contribution is -2.30. The number of hydrogen-bond acceptors (Lipinski definition) is 5. The van der Waals surface area contributed by atoms with Crippen LogP contribution in [0.1, 0.15) is 29.0 Å². The number of hydrogen-bond donors (Lipinski definition) is 1. The van der Waals surface area contributed by atoms with Gasteiger partial charge in [-0.05, 0) is 67.2 Å². The Hall–Kier alpha value is -3.91. The van der Waals surface area contributed by atoms with Gasteiger partial charge in [0.2, 0.25) is 6.79 Å². The van der Waals surface area contributed by atoms with Gasteiger partial charge in [0, 0.05) is 36.0 Å². The number of aromatic nitrogens is 3. The molecule has 3 aromatic heterocycles. The minimum absolute atomic E-state index is 0.150. The van der Waals surface area contributed by atoms with Gasteiger partial charge in [0.05, 0.1) is 11.7 Å². The molecule has 7 nitrogen and oxygen atoms in total. The Labute approximate surface area is 196 Å². The number of anilines is 1. The third-order valence-corrected chi connectivity index (χ3v) is 6.27. The standard InChI is InChI=1S/C25H21N5O2S/c1-16-7-10-22(27-14-16)29-12-4-6-19(29)24-23(18-5-2-3-11-26-18)28-25(33)30(24)17-8-9-20-21(13-17)32-15-31-20/h2-14,23-24H,15H2,1H3,(H,28,33)/t23-,24+/m1/s1. The fraction of sp³-hybridized carbons (Fsp3) is 0.160. The van der Waals surface area contributed by atoms with Crippen LogP contribution in [0.2, 0.25) is 0 Å². The second-order valence-corrected chi connectivity index (χ2v) is 8.42. The summed E-state index contributed by atoms with van der Waals surface area (Å²) < 4.78 is 13.2. The molecule has 33 heavy (non-hydrogen) atoms. The van der Waals surface area contributed by atoms with Gasteiger partial charge in [0.25, 0.3) is 0 Å². The van der Waals surface area contributed by atoms with Gasteiger partial charge in [-0.1, -0.05) is 12.1 Å². The molecular formula is C25H21N5O2S. The smallest absolute Gasteiger partial charge is 0.231 e. The van der Waals surface area contributed by atoms with Crippen molar-refractivity contribution in [3.8, 4) is 17.3 Å². The molecule has 2 aliphatic heterocycles. The van der Waals surface area contributed by atoms with E-state index in [0.29, 0.717) is 10.9 Å². The van der Waals surface area contributed by atoms with Crippen molar-refractivity contribution in [2.75, 3.05) is 11.7 Å². The summed E-state index contributed by atoms with van der Waals surface area (Å²) in [6.45, 7) is 2.26. The highest BCUT2D eigenvalue weighted by atomic mass is 32.1. The lowest BCUT2D eigenvalue weighted by Gasteiger charge is -2.29. The predicted octanol–water partition coefficient (Wildman–Crippen LogP) is 4.48. The van der Waals surface area contributed by atoms with Gasteiger partial charge < -0.3 is 24.3 Å². The van der Waals surface area contributed by atoms with E-state index in [2.05, 4.69) is 36.9 Å². The SMILES string of the molecule is Cc1ccc(-n2cccc2[C@H]2[C@@H](c3ccccn3)NC(=S)N2c2ccc3c(c2)OCO3)nc1. The van der Waals surface area contributed by atoms with Gasteiger partial charge in [0.15, 0.2) is 16.6 Å². The van der Waals surface area contributed by atoms with Crippen LogP contribution in [0.25, 0.3) is 5.82 Å². The highest BCUT2D eigenvalue weighted by molar-refractivity contribution is 7.80. The Balaban J connectivity index is 1.50. The molecule has 2 atom stereocenters. The van der Waals surface area contributed by atoms with E-state index in [4.69, 9.17) is 21.7 Å². The number of nitrogens with one attached hydrogen (secondary N) is 1. The minimum Gasteiger partial charge on any atom is -0.454 e. The molecule has 2 aliphatic rings. The Morgan fingerprint density at radius 2 is 1.91 bits per heavy atom. The van der Waals surface area contributed by atoms with Crippen molar-refractivity contribution >= 4 is 23.0 Å². The minimum atomic E-state index is -0.161. The number of thiocarbonyl (C=S) groups is 1. The fourth-order valence-electron chi connectivity index (χ4n) is 4.41. The Morgan fingerprint density at radius 3 is 2.73 bits per heavy atom. The zero-order valence-corrected chi connectivity index (χ0v) is 18.7. The third kappa shape index (κ3) is 3.39. The first-order chi connectivity index (χ1) is 16.2. The average Bonchev–Trinajstić information content (AvgIpc) is 3.57. The molecule has 0 unspecified atom stereocenters. The van der Waals surface area contributed by atoms with E-state index in [0.717, 1.165) is 34.2 Å². The molecule has 164 valence electrons. The van der Waals surface area contributed by atoms with E-state index in [-0.39, 0.29) is 18.9 Å². The van der Waals surface area contributed by atoms with Crippen LogP contribution in [0.3, 0.4) is 0 Å².